The van der Waals surface area contributed by atoms with Crippen molar-refractivity contribution in [3.63, 3.8) is 0 Å². The van der Waals surface area contributed by atoms with E-state index in [4.69, 9.17) is 22.1 Å². The lowest BCUT2D eigenvalue weighted by atomic mass is 10.1. The van der Waals surface area contributed by atoms with Gasteiger partial charge in [-0.2, -0.15) is 13.2 Å². The average molecular weight is 254 g/mol. The first kappa shape index (κ1) is 13.1. The minimum Gasteiger partial charge on any atom is -0.496 e. The number of hydrogen-bond acceptors (Lipinski definition) is 2. The third kappa shape index (κ3) is 3.02. The summed E-state index contributed by atoms with van der Waals surface area (Å²) in [5.41, 5.74) is 5.31. The van der Waals surface area contributed by atoms with Crippen LogP contribution in [-0.4, -0.2) is 19.3 Å². The fourth-order valence-electron chi connectivity index (χ4n) is 1.26. The van der Waals surface area contributed by atoms with E-state index in [2.05, 4.69) is 0 Å². The molecular weight excluding hydrogens is 243 g/mol. The van der Waals surface area contributed by atoms with Gasteiger partial charge in [0.25, 0.3) is 0 Å². The number of ether oxygens (including phenoxy) is 1. The summed E-state index contributed by atoms with van der Waals surface area (Å²) in [5.74, 6) is 0.312. The van der Waals surface area contributed by atoms with Crippen molar-refractivity contribution < 1.29 is 17.9 Å². The Morgan fingerprint density at radius 2 is 2.06 bits per heavy atom. The van der Waals surface area contributed by atoms with E-state index in [9.17, 15) is 13.2 Å². The van der Waals surface area contributed by atoms with Crippen LogP contribution in [0.4, 0.5) is 13.2 Å². The van der Waals surface area contributed by atoms with Crippen molar-refractivity contribution in [2.75, 3.05) is 7.11 Å². The van der Waals surface area contributed by atoms with Crippen LogP contribution in [0.3, 0.4) is 0 Å². The lowest BCUT2D eigenvalue weighted by Gasteiger charge is -2.17. The van der Waals surface area contributed by atoms with Crippen LogP contribution in [0, 0.1) is 0 Å². The minimum atomic E-state index is -4.44. The zero-order valence-electron chi connectivity index (χ0n) is 8.51. The van der Waals surface area contributed by atoms with Crippen LogP contribution in [-0.2, 0) is 6.42 Å². The zero-order chi connectivity index (χ0) is 12.3. The molecule has 0 aliphatic rings. The van der Waals surface area contributed by atoms with Crippen LogP contribution < -0.4 is 10.5 Å². The van der Waals surface area contributed by atoms with Gasteiger partial charge in [0.05, 0.1) is 7.11 Å². The van der Waals surface area contributed by atoms with Gasteiger partial charge in [-0.3, -0.25) is 0 Å². The summed E-state index contributed by atoms with van der Waals surface area (Å²) in [5, 5.41) is 0.221. The number of methoxy groups -OCH3 is 1. The predicted octanol–water partition coefficient (Wildman–Crippen LogP) is 2.78. The first-order chi connectivity index (χ1) is 7.36. The first-order valence-corrected chi connectivity index (χ1v) is 4.87. The summed E-state index contributed by atoms with van der Waals surface area (Å²) in [4.78, 5) is 0. The summed E-state index contributed by atoms with van der Waals surface area (Å²) in [6.45, 7) is 0. The number of benzene rings is 1. The molecule has 16 heavy (non-hydrogen) atoms. The zero-order valence-corrected chi connectivity index (χ0v) is 9.27. The van der Waals surface area contributed by atoms with Crippen molar-refractivity contribution >= 4 is 11.6 Å². The summed E-state index contributed by atoms with van der Waals surface area (Å²) in [6.07, 6.45) is -4.84. The molecule has 2 N–H and O–H groups in total. The monoisotopic (exact) mass is 253 g/mol. The normalized spacial score (nSPS) is 13.6. The molecule has 90 valence electrons. The largest absolute Gasteiger partial charge is 0.496 e. The molecule has 1 rings (SSSR count). The topological polar surface area (TPSA) is 35.2 Å². The van der Waals surface area contributed by atoms with E-state index in [0.29, 0.717) is 5.75 Å². The van der Waals surface area contributed by atoms with Gasteiger partial charge in [-0.1, -0.05) is 17.7 Å². The van der Waals surface area contributed by atoms with Crippen molar-refractivity contribution in [2.45, 2.75) is 18.6 Å². The molecule has 2 nitrogen and oxygen atoms in total. The lowest BCUT2D eigenvalue weighted by Crippen LogP contribution is -2.39. The van der Waals surface area contributed by atoms with Crippen LogP contribution >= 0.6 is 11.6 Å². The van der Waals surface area contributed by atoms with E-state index >= 15 is 0 Å². The molecule has 0 spiro atoms. The lowest BCUT2D eigenvalue weighted by molar-refractivity contribution is -0.147. The second-order valence-electron chi connectivity index (χ2n) is 3.27. The Bertz CT molecular complexity index is 368. The molecule has 0 aliphatic heterocycles. The maximum Gasteiger partial charge on any atom is 0.403 e. The fraction of sp³-hybridized carbons (Fsp3) is 0.400. The van der Waals surface area contributed by atoms with E-state index < -0.39 is 18.6 Å². The molecule has 1 aromatic rings. The molecule has 0 radical (unpaired) electrons. The second kappa shape index (κ2) is 4.93. The predicted molar refractivity (Wildman–Crippen MR) is 55.7 cm³/mol. The van der Waals surface area contributed by atoms with E-state index in [-0.39, 0.29) is 10.6 Å². The molecule has 6 heteroatoms. The number of alkyl halides is 3. The highest BCUT2D eigenvalue weighted by Crippen LogP contribution is 2.30. The molecule has 1 atom stereocenters. The molecule has 1 aromatic carbocycles. The molecule has 0 aliphatic carbocycles. The third-order valence-corrected chi connectivity index (χ3v) is 2.49. The number of nitrogens with two attached hydrogens (primary N) is 1. The maximum absolute atomic E-state index is 12.3. The Morgan fingerprint density at radius 3 is 2.56 bits per heavy atom. The first-order valence-electron chi connectivity index (χ1n) is 4.50. The Kier molecular flexibility index (Phi) is 4.04. The highest BCUT2D eigenvalue weighted by Gasteiger charge is 2.37. The van der Waals surface area contributed by atoms with E-state index in [1.165, 1.54) is 13.2 Å². The van der Waals surface area contributed by atoms with Crippen LogP contribution in [0.15, 0.2) is 18.2 Å². The highest BCUT2D eigenvalue weighted by molar-refractivity contribution is 6.31. The van der Waals surface area contributed by atoms with Crippen LogP contribution in [0.2, 0.25) is 5.02 Å². The molecule has 1 unspecified atom stereocenters. The summed E-state index contributed by atoms with van der Waals surface area (Å²) in [6, 6.07) is 2.71. The fourth-order valence-corrected chi connectivity index (χ4v) is 1.51. The van der Waals surface area contributed by atoms with Crippen molar-refractivity contribution in [3.05, 3.63) is 28.8 Å². The Labute approximate surface area is 96.1 Å². The Balaban J connectivity index is 2.96. The smallest absolute Gasteiger partial charge is 0.403 e. The van der Waals surface area contributed by atoms with Gasteiger partial charge in [0.1, 0.15) is 11.8 Å². The van der Waals surface area contributed by atoms with Crippen molar-refractivity contribution in [3.8, 4) is 5.75 Å². The molecule has 0 saturated heterocycles. The number of hydrogen-bond donors (Lipinski definition) is 1. The van der Waals surface area contributed by atoms with Crippen LogP contribution in [0.1, 0.15) is 5.56 Å². The third-order valence-electron chi connectivity index (χ3n) is 2.14. The molecule has 0 fully saturated rings. The molecule has 0 bridgehead atoms. The van der Waals surface area contributed by atoms with Crippen LogP contribution in [0.25, 0.3) is 0 Å². The quantitative estimate of drug-likeness (QED) is 0.899. The van der Waals surface area contributed by atoms with Gasteiger partial charge in [0, 0.05) is 17.0 Å². The number of rotatable bonds is 3. The van der Waals surface area contributed by atoms with Crippen molar-refractivity contribution in [2.24, 2.45) is 5.73 Å². The standard InChI is InChI=1S/C10H11ClF3NO/c1-16-8-4-2-3-7(11)6(8)5-9(15)10(12,13)14/h2-4,9H,5,15H2,1H3. The van der Waals surface area contributed by atoms with Crippen LogP contribution in [0.5, 0.6) is 5.75 Å². The number of halogens is 4. The minimum absolute atomic E-state index is 0.221. The van der Waals surface area contributed by atoms with E-state index in [1.807, 2.05) is 0 Å². The molecule has 0 aromatic heterocycles. The Hall–Kier alpha value is -0.940. The SMILES string of the molecule is COc1cccc(Cl)c1CC(N)C(F)(F)F. The van der Waals surface area contributed by atoms with Gasteiger partial charge in [0.2, 0.25) is 0 Å². The second-order valence-corrected chi connectivity index (χ2v) is 3.68. The molecule has 0 amide bonds. The van der Waals surface area contributed by atoms with Gasteiger partial charge in [0.15, 0.2) is 0 Å². The van der Waals surface area contributed by atoms with E-state index in [0.717, 1.165) is 0 Å². The van der Waals surface area contributed by atoms with Gasteiger partial charge in [-0.15, -0.1) is 0 Å². The maximum atomic E-state index is 12.3. The van der Waals surface area contributed by atoms with Gasteiger partial charge >= 0.3 is 6.18 Å². The Morgan fingerprint density at radius 1 is 1.44 bits per heavy atom. The molecule has 0 heterocycles. The molecular formula is C10H11ClF3NO. The summed E-state index contributed by atoms with van der Waals surface area (Å²) in [7, 11) is 1.37. The van der Waals surface area contributed by atoms with Gasteiger partial charge in [-0.05, 0) is 12.1 Å². The van der Waals surface area contributed by atoms with E-state index in [1.54, 1.807) is 12.1 Å². The highest BCUT2D eigenvalue weighted by atomic mass is 35.5. The van der Waals surface area contributed by atoms with Gasteiger partial charge < -0.3 is 10.5 Å². The summed E-state index contributed by atoms with van der Waals surface area (Å²) >= 11 is 5.80. The average Bonchev–Trinajstić information content (AvgIpc) is 2.19. The van der Waals surface area contributed by atoms with Crippen molar-refractivity contribution in [1.29, 1.82) is 0 Å². The summed E-state index contributed by atoms with van der Waals surface area (Å²) < 4.78 is 41.8. The van der Waals surface area contributed by atoms with Gasteiger partial charge in [-0.25, -0.2) is 0 Å². The van der Waals surface area contributed by atoms with Crippen molar-refractivity contribution in [1.82, 2.24) is 0 Å². The molecule has 0 saturated carbocycles.